The van der Waals surface area contributed by atoms with Crippen molar-refractivity contribution in [1.29, 1.82) is 0 Å². The third-order valence-electron chi connectivity index (χ3n) is 14.7. The molecule has 6 heteroatoms. The number of esters is 3. The zero-order valence-electron chi connectivity index (χ0n) is 48.2. The number of unbranched alkanes of at least 4 members (excludes halogenated alkanes) is 43. The molecule has 0 aromatic heterocycles. The molecule has 0 amide bonds. The Labute approximate surface area is 438 Å². The summed E-state index contributed by atoms with van der Waals surface area (Å²) >= 11 is 0. The number of rotatable bonds is 58. The topological polar surface area (TPSA) is 78.9 Å². The third kappa shape index (κ3) is 57.3. The average Bonchev–Trinajstić information content (AvgIpc) is 3.33. The molecular formula is C64H124O6. The van der Waals surface area contributed by atoms with Crippen LogP contribution in [0.3, 0.4) is 0 Å². The molecule has 0 aliphatic heterocycles. The molecule has 0 saturated carbocycles. The summed E-state index contributed by atoms with van der Waals surface area (Å²) in [5.41, 5.74) is 0. The molecule has 0 bridgehead atoms. The first-order chi connectivity index (χ1) is 34.2. The van der Waals surface area contributed by atoms with Crippen LogP contribution in [0, 0.1) is 11.8 Å². The van der Waals surface area contributed by atoms with E-state index in [-0.39, 0.29) is 31.1 Å². The molecular weight excluding hydrogens is 865 g/mol. The highest BCUT2D eigenvalue weighted by molar-refractivity contribution is 5.71. The maximum absolute atomic E-state index is 12.9. The molecule has 0 unspecified atom stereocenters. The van der Waals surface area contributed by atoms with Crippen molar-refractivity contribution in [2.75, 3.05) is 13.2 Å². The molecule has 0 N–H and O–H groups in total. The number of carbonyl (C=O) groups is 3. The molecule has 0 spiro atoms. The molecule has 0 aromatic carbocycles. The van der Waals surface area contributed by atoms with Crippen LogP contribution in [0.15, 0.2) is 0 Å². The molecule has 1 atom stereocenters. The second kappa shape index (κ2) is 56.7. The molecule has 0 fully saturated rings. The summed E-state index contributed by atoms with van der Waals surface area (Å²) in [7, 11) is 0. The van der Waals surface area contributed by atoms with E-state index in [1.807, 2.05) is 0 Å². The standard InChI is InChI=1S/C64H124O6/c1-6-7-8-9-10-11-12-13-18-24-29-34-39-44-49-54-62(65)68-57-61(70-64(67)56-51-46-41-36-31-26-21-23-28-33-38-43-48-53-60(4)5)58-69-63(66)55-50-45-40-35-30-25-20-17-15-14-16-19-22-27-32-37-42-47-52-59(2)3/h59-61H,6-58H2,1-5H3/t61-/m1/s1. The minimum Gasteiger partial charge on any atom is -0.462 e. The van der Waals surface area contributed by atoms with Gasteiger partial charge in [-0.2, -0.15) is 0 Å². The maximum atomic E-state index is 12.9. The van der Waals surface area contributed by atoms with Gasteiger partial charge in [-0.1, -0.05) is 324 Å². The van der Waals surface area contributed by atoms with Gasteiger partial charge in [0.25, 0.3) is 0 Å². The Hall–Kier alpha value is -1.59. The van der Waals surface area contributed by atoms with Crippen LogP contribution >= 0.6 is 0 Å². The molecule has 0 rings (SSSR count). The highest BCUT2D eigenvalue weighted by Crippen LogP contribution is 2.19. The smallest absolute Gasteiger partial charge is 0.306 e. The molecule has 0 aliphatic carbocycles. The fourth-order valence-electron chi connectivity index (χ4n) is 9.93. The fourth-order valence-corrected chi connectivity index (χ4v) is 9.93. The van der Waals surface area contributed by atoms with Crippen molar-refractivity contribution < 1.29 is 28.6 Å². The van der Waals surface area contributed by atoms with Gasteiger partial charge in [-0.25, -0.2) is 0 Å². The van der Waals surface area contributed by atoms with Crippen molar-refractivity contribution in [3.63, 3.8) is 0 Å². The van der Waals surface area contributed by atoms with Crippen molar-refractivity contribution in [3.8, 4) is 0 Å². The lowest BCUT2D eigenvalue weighted by Crippen LogP contribution is -2.30. The van der Waals surface area contributed by atoms with Gasteiger partial charge in [-0.15, -0.1) is 0 Å². The van der Waals surface area contributed by atoms with Gasteiger partial charge in [-0.3, -0.25) is 14.4 Å². The summed E-state index contributed by atoms with van der Waals surface area (Å²) in [5.74, 6) is 0.866. The van der Waals surface area contributed by atoms with Crippen LogP contribution in [-0.4, -0.2) is 37.2 Å². The van der Waals surface area contributed by atoms with Crippen molar-refractivity contribution in [1.82, 2.24) is 0 Å². The Morgan fingerprint density at radius 3 is 0.700 bits per heavy atom. The predicted octanol–water partition coefficient (Wildman–Crippen LogP) is 21.2. The summed E-state index contributed by atoms with van der Waals surface area (Å²) in [6.07, 6.45) is 62.4. The lowest BCUT2D eigenvalue weighted by atomic mass is 10.0. The van der Waals surface area contributed by atoms with E-state index in [1.165, 1.54) is 250 Å². The molecule has 70 heavy (non-hydrogen) atoms. The van der Waals surface area contributed by atoms with Gasteiger partial charge in [0.05, 0.1) is 0 Å². The maximum Gasteiger partial charge on any atom is 0.306 e. The number of carbonyl (C=O) groups excluding carboxylic acids is 3. The van der Waals surface area contributed by atoms with E-state index in [0.29, 0.717) is 19.3 Å². The summed E-state index contributed by atoms with van der Waals surface area (Å²) in [5, 5.41) is 0. The van der Waals surface area contributed by atoms with E-state index in [1.54, 1.807) is 0 Å². The largest absolute Gasteiger partial charge is 0.462 e. The first-order valence-corrected chi connectivity index (χ1v) is 31.7. The summed E-state index contributed by atoms with van der Waals surface area (Å²) in [4.78, 5) is 38.3. The number of hydrogen-bond acceptors (Lipinski definition) is 6. The Kier molecular flexibility index (Phi) is 55.4. The Bertz CT molecular complexity index is 1070. The van der Waals surface area contributed by atoms with Crippen LogP contribution < -0.4 is 0 Å². The van der Waals surface area contributed by atoms with Crippen LogP contribution in [0.2, 0.25) is 0 Å². The van der Waals surface area contributed by atoms with Crippen LogP contribution in [0.5, 0.6) is 0 Å². The number of ether oxygens (including phenoxy) is 3. The van der Waals surface area contributed by atoms with Crippen molar-refractivity contribution in [2.45, 2.75) is 368 Å². The van der Waals surface area contributed by atoms with E-state index in [9.17, 15) is 14.4 Å². The van der Waals surface area contributed by atoms with E-state index in [4.69, 9.17) is 14.2 Å². The Balaban J connectivity index is 4.26. The van der Waals surface area contributed by atoms with E-state index in [0.717, 1.165) is 69.6 Å². The summed E-state index contributed by atoms with van der Waals surface area (Å²) < 4.78 is 17.0. The zero-order valence-corrected chi connectivity index (χ0v) is 48.2. The average molecular weight is 990 g/mol. The van der Waals surface area contributed by atoms with E-state index < -0.39 is 6.10 Å². The second-order valence-electron chi connectivity index (χ2n) is 23.0. The van der Waals surface area contributed by atoms with Crippen LogP contribution in [0.1, 0.15) is 362 Å². The van der Waals surface area contributed by atoms with Crippen molar-refractivity contribution in [3.05, 3.63) is 0 Å². The lowest BCUT2D eigenvalue weighted by Gasteiger charge is -2.18. The molecule has 0 aromatic rings. The Morgan fingerprint density at radius 2 is 0.471 bits per heavy atom. The molecule has 416 valence electrons. The SMILES string of the molecule is CCCCCCCCCCCCCCCCCC(=O)OC[C@H](COC(=O)CCCCCCCCCCCCCCCCCCCCC(C)C)OC(=O)CCCCCCCCCCCCCCCC(C)C. The van der Waals surface area contributed by atoms with Gasteiger partial charge in [0.2, 0.25) is 0 Å². The van der Waals surface area contributed by atoms with Crippen LogP contribution in [0.25, 0.3) is 0 Å². The molecule has 0 radical (unpaired) electrons. The summed E-state index contributed by atoms with van der Waals surface area (Å²) in [6.45, 7) is 11.5. The number of hydrogen-bond donors (Lipinski definition) is 0. The lowest BCUT2D eigenvalue weighted by molar-refractivity contribution is -0.167. The monoisotopic (exact) mass is 989 g/mol. The molecule has 0 heterocycles. The van der Waals surface area contributed by atoms with Crippen molar-refractivity contribution >= 4 is 17.9 Å². The quantitative estimate of drug-likeness (QED) is 0.0343. The van der Waals surface area contributed by atoms with Crippen LogP contribution in [0.4, 0.5) is 0 Å². The van der Waals surface area contributed by atoms with E-state index in [2.05, 4.69) is 34.6 Å². The molecule has 6 nitrogen and oxygen atoms in total. The van der Waals surface area contributed by atoms with Crippen molar-refractivity contribution in [2.24, 2.45) is 11.8 Å². The van der Waals surface area contributed by atoms with Gasteiger partial charge in [0, 0.05) is 19.3 Å². The predicted molar refractivity (Wildman–Crippen MR) is 303 cm³/mol. The van der Waals surface area contributed by atoms with Crippen LogP contribution in [-0.2, 0) is 28.6 Å². The van der Waals surface area contributed by atoms with Gasteiger partial charge < -0.3 is 14.2 Å². The van der Waals surface area contributed by atoms with Gasteiger partial charge in [-0.05, 0) is 31.1 Å². The highest BCUT2D eigenvalue weighted by Gasteiger charge is 2.19. The van der Waals surface area contributed by atoms with Gasteiger partial charge in [0.15, 0.2) is 6.10 Å². The van der Waals surface area contributed by atoms with E-state index >= 15 is 0 Å². The molecule has 0 aliphatic rings. The highest BCUT2D eigenvalue weighted by atomic mass is 16.6. The minimum absolute atomic E-state index is 0.0619. The third-order valence-corrected chi connectivity index (χ3v) is 14.7. The summed E-state index contributed by atoms with van der Waals surface area (Å²) in [6, 6.07) is 0. The minimum atomic E-state index is -0.763. The first-order valence-electron chi connectivity index (χ1n) is 31.7. The molecule has 0 saturated heterocycles. The normalized spacial score (nSPS) is 12.0. The fraction of sp³-hybridized carbons (Fsp3) is 0.953. The Morgan fingerprint density at radius 1 is 0.271 bits per heavy atom. The zero-order chi connectivity index (χ0) is 51.1. The second-order valence-corrected chi connectivity index (χ2v) is 23.0. The van der Waals surface area contributed by atoms with Gasteiger partial charge >= 0.3 is 17.9 Å². The first kappa shape index (κ1) is 68.4. The van der Waals surface area contributed by atoms with Gasteiger partial charge in [0.1, 0.15) is 13.2 Å².